The molecule has 0 aliphatic carbocycles. The lowest BCUT2D eigenvalue weighted by Crippen LogP contribution is -2.38. The molecule has 0 saturated carbocycles. The van der Waals surface area contributed by atoms with Gasteiger partial charge in [-0.15, -0.1) is 0 Å². The molecule has 0 aromatic heterocycles. The zero-order chi connectivity index (χ0) is 13.7. The van der Waals surface area contributed by atoms with Crippen molar-refractivity contribution < 1.29 is 5.11 Å². The van der Waals surface area contributed by atoms with Gasteiger partial charge in [0.2, 0.25) is 0 Å². The maximum Gasteiger partial charge on any atom is 0.0942 e. The van der Waals surface area contributed by atoms with Crippen LogP contribution in [0.3, 0.4) is 0 Å². The quantitative estimate of drug-likeness (QED) is 0.896. The van der Waals surface area contributed by atoms with Crippen LogP contribution in [-0.2, 0) is 6.42 Å². The lowest BCUT2D eigenvalue weighted by Gasteiger charge is -2.31. The molecule has 0 spiro atoms. The van der Waals surface area contributed by atoms with Gasteiger partial charge in [-0.1, -0.05) is 44.0 Å². The minimum Gasteiger partial charge on any atom is -0.387 e. The van der Waals surface area contributed by atoms with Crippen molar-refractivity contribution in [3.05, 3.63) is 35.4 Å². The van der Waals surface area contributed by atoms with E-state index in [-0.39, 0.29) is 12.1 Å². The third-order valence-corrected chi connectivity index (χ3v) is 4.40. The van der Waals surface area contributed by atoms with Crippen molar-refractivity contribution in [1.29, 1.82) is 0 Å². The second kappa shape index (κ2) is 7.06. The molecule has 0 amide bonds. The first-order valence-corrected chi connectivity index (χ1v) is 7.73. The van der Waals surface area contributed by atoms with Crippen molar-refractivity contribution >= 4 is 0 Å². The standard InChI is InChI=1S/C17H27NO/c1-3-15-8-10-16(11-9-15)17(19)14(2)18-12-6-4-5-7-13-18/h8-11,14,17,19H,3-7,12-13H2,1-2H3. The second-order valence-corrected chi connectivity index (χ2v) is 5.73. The number of rotatable bonds is 4. The van der Waals surface area contributed by atoms with Crippen LogP contribution in [0, 0.1) is 0 Å². The maximum absolute atomic E-state index is 10.6. The van der Waals surface area contributed by atoms with E-state index in [0.29, 0.717) is 0 Å². The average Bonchev–Trinajstić information content (AvgIpc) is 2.75. The Morgan fingerprint density at radius 3 is 2.16 bits per heavy atom. The summed E-state index contributed by atoms with van der Waals surface area (Å²) in [5, 5.41) is 10.6. The molecule has 1 heterocycles. The fourth-order valence-corrected chi connectivity index (χ4v) is 2.93. The third-order valence-electron chi connectivity index (χ3n) is 4.40. The van der Waals surface area contributed by atoms with Gasteiger partial charge >= 0.3 is 0 Å². The van der Waals surface area contributed by atoms with Crippen molar-refractivity contribution in [2.75, 3.05) is 13.1 Å². The van der Waals surface area contributed by atoms with Crippen molar-refractivity contribution in [3.63, 3.8) is 0 Å². The summed E-state index contributed by atoms with van der Waals surface area (Å²) in [6, 6.07) is 8.64. The summed E-state index contributed by atoms with van der Waals surface area (Å²) >= 11 is 0. The Bertz CT molecular complexity index is 365. The van der Waals surface area contributed by atoms with Crippen LogP contribution in [0.15, 0.2) is 24.3 Å². The second-order valence-electron chi connectivity index (χ2n) is 5.73. The maximum atomic E-state index is 10.6. The largest absolute Gasteiger partial charge is 0.387 e. The predicted octanol–water partition coefficient (Wildman–Crippen LogP) is 3.55. The van der Waals surface area contributed by atoms with Crippen LogP contribution in [0.1, 0.15) is 56.8 Å². The van der Waals surface area contributed by atoms with Gasteiger partial charge in [0.15, 0.2) is 0 Å². The zero-order valence-electron chi connectivity index (χ0n) is 12.3. The molecule has 19 heavy (non-hydrogen) atoms. The fraction of sp³-hybridized carbons (Fsp3) is 0.647. The average molecular weight is 261 g/mol. The van der Waals surface area contributed by atoms with Crippen molar-refractivity contribution in [3.8, 4) is 0 Å². The molecule has 1 saturated heterocycles. The summed E-state index contributed by atoms with van der Waals surface area (Å²) in [4.78, 5) is 2.45. The molecular weight excluding hydrogens is 234 g/mol. The SMILES string of the molecule is CCc1ccc(C(O)C(C)N2CCCCCC2)cc1. The van der Waals surface area contributed by atoms with E-state index >= 15 is 0 Å². The van der Waals surface area contributed by atoms with E-state index in [1.54, 1.807) is 0 Å². The number of likely N-dealkylation sites (tertiary alicyclic amines) is 1. The van der Waals surface area contributed by atoms with Crippen LogP contribution >= 0.6 is 0 Å². The minimum atomic E-state index is -0.371. The van der Waals surface area contributed by atoms with Gasteiger partial charge in [0.1, 0.15) is 0 Å². The Kier molecular flexibility index (Phi) is 5.41. The number of nitrogens with zero attached hydrogens (tertiary/aromatic N) is 1. The molecule has 2 unspecified atom stereocenters. The van der Waals surface area contributed by atoms with E-state index in [1.807, 2.05) is 0 Å². The molecule has 1 aliphatic heterocycles. The number of benzene rings is 1. The van der Waals surface area contributed by atoms with Crippen LogP contribution in [0.4, 0.5) is 0 Å². The molecule has 2 rings (SSSR count). The summed E-state index contributed by atoms with van der Waals surface area (Å²) in [7, 11) is 0. The molecule has 2 heteroatoms. The van der Waals surface area contributed by atoms with Crippen molar-refractivity contribution in [1.82, 2.24) is 4.90 Å². The van der Waals surface area contributed by atoms with Crippen LogP contribution in [0.25, 0.3) is 0 Å². The normalized spacial score (nSPS) is 20.8. The van der Waals surface area contributed by atoms with Gasteiger partial charge in [-0.25, -0.2) is 0 Å². The van der Waals surface area contributed by atoms with Gasteiger partial charge < -0.3 is 5.11 Å². The first-order valence-electron chi connectivity index (χ1n) is 7.73. The van der Waals surface area contributed by atoms with Crippen molar-refractivity contribution in [2.45, 2.75) is 58.1 Å². The van der Waals surface area contributed by atoms with Gasteiger partial charge in [0.05, 0.1) is 6.10 Å². The first-order chi connectivity index (χ1) is 9.22. The highest BCUT2D eigenvalue weighted by Gasteiger charge is 2.23. The number of aliphatic hydroxyl groups excluding tert-OH is 1. The molecule has 2 nitrogen and oxygen atoms in total. The molecule has 0 bridgehead atoms. The molecule has 1 aromatic rings. The van der Waals surface area contributed by atoms with Crippen molar-refractivity contribution in [2.24, 2.45) is 0 Å². The minimum absolute atomic E-state index is 0.213. The zero-order valence-corrected chi connectivity index (χ0v) is 12.3. The molecule has 1 aliphatic rings. The number of aliphatic hydroxyl groups is 1. The van der Waals surface area contributed by atoms with E-state index in [4.69, 9.17) is 0 Å². The summed E-state index contributed by atoms with van der Waals surface area (Å²) < 4.78 is 0. The van der Waals surface area contributed by atoms with Crippen LogP contribution < -0.4 is 0 Å². The Morgan fingerprint density at radius 2 is 1.63 bits per heavy atom. The fourth-order valence-electron chi connectivity index (χ4n) is 2.93. The van der Waals surface area contributed by atoms with Crippen LogP contribution in [0.5, 0.6) is 0 Å². The summed E-state index contributed by atoms with van der Waals surface area (Å²) in [5.41, 5.74) is 2.38. The molecule has 0 radical (unpaired) electrons. The smallest absolute Gasteiger partial charge is 0.0942 e. The van der Waals surface area contributed by atoms with E-state index in [1.165, 1.54) is 31.2 Å². The first kappa shape index (κ1) is 14.5. The van der Waals surface area contributed by atoms with Gasteiger partial charge in [-0.2, -0.15) is 0 Å². The Morgan fingerprint density at radius 1 is 1.05 bits per heavy atom. The molecule has 1 fully saturated rings. The molecule has 2 atom stereocenters. The van der Waals surface area contributed by atoms with Gasteiger partial charge in [0.25, 0.3) is 0 Å². The van der Waals surface area contributed by atoms with E-state index in [9.17, 15) is 5.11 Å². The molecule has 106 valence electrons. The Hall–Kier alpha value is -0.860. The monoisotopic (exact) mass is 261 g/mol. The lowest BCUT2D eigenvalue weighted by molar-refractivity contribution is 0.0597. The number of hydrogen-bond acceptors (Lipinski definition) is 2. The van der Waals surface area contributed by atoms with E-state index in [0.717, 1.165) is 25.1 Å². The van der Waals surface area contributed by atoms with Gasteiger partial charge in [-0.05, 0) is 50.4 Å². The number of hydrogen-bond donors (Lipinski definition) is 1. The summed E-state index contributed by atoms with van der Waals surface area (Å²) in [6.07, 6.45) is 5.90. The highest BCUT2D eigenvalue weighted by molar-refractivity contribution is 5.25. The third kappa shape index (κ3) is 3.80. The lowest BCUT2D eigenvalue weighted by atomic mass is 10.00. The van der Waals surface area contributed by atoms with Gasteiger partial charge in [0, 0.05) is 6.04 Å². The van der Waals surface area contributed by atoms with E-state index in [2.05, 4.69) is 43.0 Å². The van der Waals surface area contributed by atoms with Crippen LogP contribution in [0.2, 0.25) is 0 Å². The highest BCUT2D eigenvalue weighted by atomic mass is 16.3. The number of aryl methyl sites for hydroxylation is 1. The Balaban J connectivity index is 2.01. The summed E-state index contributed by atoms with van der Waals surface area (Å²) in [6.45, 7) is 6.57. The van der Waals surface area contributed by atoms with E-state index < -0.39 is 0 Å². The van der Waals surface area contributed by atoms with Crippen LogP contribution in [-0.4, -0.2) is 29.1 Å². The topological polar surface area (TPSA) is 23.5 Å². The molecular formula is C17H27NO. The molecule has 1 N–H and O–H groups in total. The summed E-state index contributed by atoms with van der Waals surface area (Å²) in [5.74, 6) is 0. The Labute approximate surface area is 117 Å². The molecule has 1 aromatic carbocycles. The van der Waals surface area contributed by atoms with Gasteiger partial charge in [-0.3, -0.25) is 4.90 Å². The predicted molar refractivity (Wildman–Crippen MR) is 80.3 cm³/mol. The highest BCUT2D eigenvalue weighted by Crippen LogP contribution is 2.23.